The molecule has 1 unspecified atom stereocenters. The van der Waals surface area contributed by atoms with E-state index >= 15 is 0 Å². The zero-order valence-corrected chi connectivity index (χ0v) is 22.8. The van der Waals surface area contributed by atoms with Gasteiger partial charge in [0.25, 0.3) is 5.91 Å². The predicted molar refractivity (Wildman–Crippen MR) is 149 cm³/mol. The number of thioether (sulfide) groups is 1. The lowest BCUT2D eigenvalue weighted by Crippen LogP contribution is -2.41. The Balaban J connectivity index is 1.64. The van der Waals surface area contributed by atoms with Crippen LogP contribution in [0.25, 0.3) is 0 Å². The molecule has 0 aliphatic heterocycles. The quantitative estimate of drug-likeness (QED) is 0.284. The third-order valence-corrected chi connectivity index (χ3v) is 7.09. The Hall–Kier alpha value is -2.58. The van der Waals surface area contributed by atoms with Gasteiger partial charge in [-0.15, -0.1) is 0 Å². The molecule has 0 radical (unpaired) electrons. The van der Waals surface area contributed by atoms with Crippen LogP contribution in [0.1, 0.15) is 52.7 Å². The standard InChI is InChI=1S/C29H34ClNO5S/c1-20-5-3-4-6-24(20)26-17-22(19-36-15-14-35-18-21-7-10-23(30)11-8-21)9-12-25(26)28(32)31-27(29(33)34)13-16-37-2/h3-5,7-12,17,24,27H,6,13-16,18-19H2,1-2H3,(H,31,32)(H,33,34)/t24?,27-/m0/s1. The molecule has 2 atom stereocenters. The molecule has 2 aromatic carbocycles. The summed E-state index contributed by atoms with van der Waals surface area (Å²) in [5.41, 5.74) is 4.53. The number of aliphatic carboxylic acids is 1. The smallest absolute Gasteiger partial charge is 0.326 e. The maximum absolute atomic E-state index is 13.2. The molecule has 6 nitrogen and oxygen atoms in total. The normalized spacial score (nSPS) is 15.8. The number of allylic oxidation sites excluding steroid dienone is 4. The second kappa shape index (κ2) is 15.0. The van der Waals surface area contributed by atoms with Crippen molar-refractivity contribution in [3.8, 4) is 0 Å². The summed E-state index contributed by atoms with van der Waals surface area (Å²) >= 11 is 7.46. The SMILES string of the molecule is CSCC[C@H](NC(=O)c1ccc(COCCOCc2ccc(Cl)cc2)cc1C1CC=CC=C1C)C(=O)O. The van der Waals surface area contributed by atoms with Gasteiger partial charge in [0.2, 0.25) is 0 Å². The first-order chi connectivity index (χ1) is 17.9. The van der Waals surface area contributed by atoms with Gasteiger partial charge in [-0.3, -0.25) is 4.79 Å². The van der Waals surface area contributed by atoms with Crippen LogP contribution in [-0.2, 0) is 27.5 Å². The lowest BCUT2D eigenvalue weighted by molar-refractivity contribution is -0.139. The molecule has 0 spiro atoms. The van der Waals surface area contributed by atoms with Gasteiger partial charge >= 0.3 is 5.97 Å². The molecule has 1 amide bonds. The van der Waals surface area contributed by atoms with Crippen LogP contribution in [0, 0.1) is 0 Å². The molecule has 1 aliphatic carbocycles. The summed E-state index contributed by atoms with van der Waals surface area (Å²) in [7, 11) is 0. The summed E-state index contributed by atoms with van der Waals surface area (Å²) in [6, 6.07) is 12.3. The van der Waals surface area contributed by atoms with Crippen molar-refractivity contribution in [2.24, 2.45) is 0 Å². The van der Waals surface area contributed by atoms with Crippen LogP contribution in [0.3, 0.4) is 0 Å². The molecule has 0 bridgehead atoms. The van der Waals surface area contributed by atoms with Crippen LogP contribution < -0.4 is 5.32 Å². The molecule has 0 heterocycles. The molecule has 3 rings (SSSR count). The van der Waals surface area contributed by atoms with Crippen molar-refractivity contribution in [3.63, 3.8) is 0 Å². The van der Waals surface area contributed by atoms with Crippen molar-refractivity contribution in [2.45, 2.75) is 44.9 Å². The molecule has 0 fully saturated rings. The predicted octanol–water partition coefficient (Wildman–Crippen LogP) is 6.00. The fourth-order valence-corrected chi connectivity index (χ4v) is 4.71. The van der Waals surface area contributed by atoms with E-state index in [-0.39, 0.29) is 11.8 Å². The average Bonchev–Trinajstić information content (AvgIpc) is 2.89. The number of hydrogen-bond acceptors (Lipinski definition) is 5. The molecular formula is C29H34ClNO5S. The van der Waals surface area contributed by atoms with Crippen LogP contribution in [0.2, 0.25) is 5.02 Å². The highest BCUT2D eigenvalue weighted by molar-refractivity contribution is 7.98. The summed E-state index contributed by atoms with van der Waals surface area (Å²) in [4.78, 5) is 24.9. The van der Waals surface area contributed by atoms with E-state index in [1.54, 1.807) is 17.8 Å². The molecule has 0 saturated carbocycles. The first-order valence-electron chi connectivity index (χ1n) is 12.3. The van der Waals surface area contributed by atoms with Gasteiger partial charge in [-0.25, -0.2) is 4.79 Å². The van der Waals surface area contributed by atoms with E-state index in [0.29, 0.717) is 49.2 Å². The van der Waals surface area contributed by atoms with Crippen molar-refractivity contribution >= 4 is 35.2 Å². The molecular weight excluding hydrogens is 510 g/mol. The van der Waals surface area contributed by atoms with Gasteiger partial charge < -0.3 is 19.9 Å². The number of carboxylic acids is 1. The van der Waals surface area contributed by atoms with Gasteiger partial charge in [0.05, 0.1) is 26.4 Å². The number of ether oxygens (including phenoxy) is 2. The highest BCUT2D eigenvalue weighted by atomic mass is 35.5. The minimum absolute atomic E-state index is 0.0443. The van der Waals surface area contributed by atoms with Crippen LogP contribution in [0.4, 0.5) is 0 Å². The minimum atomic E-state index is -1.02. The molecule has 2 aromatic rings. The number of hydrogen-bond donors (Lipinski definition) is 2. The molecule has 2 N–H and O–H groups in total. The van der Waals surface area contributed by atoms with E-state index in [2.05, 4.69) is 24.4 Å². The number of halogens is 1. The number of carbonyl (C=O) groups excluding carboxylic acids is 1. The zero-order valence-electron chi connectivity index (χ0n) is 21.2. The summed E-state index contributed by atoms with van der Waals surface area (Å²) in [5.74, 6) is -0.695. The van der Waals surface area contributed by atoms with Crippen LogP contribution in [0.15, 0.2) is 66.3 Å². The number of benzene rings is 2. The van der Waals surface area contributed by atoms with Gasteiger partial charge in [0.1, 0.15) is 6.04 Å². The lowest BCUT2D eigenvalue weighted by Gasteiger charge is -2.24. The highest BCUT2D eigenvalue weighted by Gasteiger charge is 2.25. The minimum Gasteiger partial charge on any atom is -0.480 e. The lowest BCUT2D eigenvalue weighted by atomic mass is 9.83. The number of carbonyl (C=O) groups is 2. The molecule has 0 aromatic heterocycles. The van der Waals surface area contributed by atoms with Gasteiger partial charge in [0, 0.05) is 16.5 Å². The maximum atomic E-state index is 13.2. The third kappa shape index (κ3) is 9.04. The maximum Gasteiger partial charge on any atom is 0.326 e. The van der Waals surface area contributed by atoms with E-state index in [9.17, 15) is 14.7 Å². The number of carboxylic acid groups (broad SMARTS) is 1. The summed E-state index contributed by atoms with van der Waals surface area (Å²) < 4.78 is 11.5. The topological polar surface area (TPSA) is 84.9 Å². The largest absolute Gasteiger partial charge is 0.480 e. The Kier molecular flexibility index (Phi) is 11.7. The molecule has 8 heteroatoms. The molecule has 37 heavy (non-hydrogen) atoms. The van der Waals surface area contributed by atoms with Crippen molar-refractivity contribution in [3.05, 3.63) is 93.5 Å². The van der Waals surface area contributed by atoms with E-state index < -0.39 is 12.0 Å². The molecule has 1 aliphatic rings. The van der Waals surface area contributed by atoms with Crippen LogP contribution in [0.5, 0.6) is 0 Å². The number of nitrogens with one attached hydrogen (secondary N) is 1. The van der Waals surface area contributed by atoms with E-state index in [4.69, 9.17) is 21.1 Å². The Morgan fingerprint density at radius 3 is 2.43 bits per heavy atom. The zero-order chi connectivity index (χ0) is 26.6. The number of rotatable bonds is 14. The Bertz CT molecular complexity index is 1120. The second-order valence-corrected chi connectivity index (χ2v) is 10.3. The van der Waals surface area contributed by atoms with Crippen molar-refractivity contribution in [1.82, 2.24) is 5.32 Å². The Morgan fingerprint density at radius 1 is 1.11 bits per heavy atom. The second-order valence-electron chi connectivity index (χ2n) is 8.93. The van der Waals surface area contributed by atoms with Gasteiger partial charge in [0.15, 0.2) is 0 Å². The monoisotopic (exact) mass is 543 g/mol. The number of amides is 1. The highest BCUT2D eigenvalue weighted by Crippen LogP contribution is 2.34. The van der Waals surface area contributed by atoms with Gasteiger partial charge in [-0.1, -0.05) is 59.7 Å². The van der Waals surface area contributed by atoms with E-state index in [1.165, 1.54) is 0 Å². The van der Waals surface area contributed by atoms with Gasteiger partial charge in [-0.2, -0.15) is 11.8 Å². The van der Waals surface area contributed by atoms with Crippen LogP contribution >= 0.6 is 23.4 Å². The first kappa shape index (κ1) is 29.0. The molecule has 0 saturated heterocycles. The summed E-state index contributed by atoms with van der Waals surface area (Å²) in [6.45, 7) is 3.82. The summed E-state index contributed by atoms with van der Waals surface area (Å²) in [5, 5.41) is 13.0. The van der Waals surface area contributed by atoms with Crippen molar-refractivity contribution < 1.29 is 24.2 Å². The fraction of sp³-hybridized carbons (Fsp3) is 0.379. The molecule has 198 valence electrons. The van der Waals surface area contributed by atoms with E-state index in [0.717, 1.165) is 28.7 Å². The van der Waals surface area contributed by atoms with Crippen LogP contribution in [-0.4, -0.2) is 48.2 Å². The van der Waals surface area contributed by atoms with Crippen molar-refractivity contribution in [2.75, 3.05) is 25.2 Å². The fourth-order valence-electron chi connectivity index (χ4n) is 4.11. The first-order valence-corrected chi connectivity index (χ1v) is 14.0. The van der Waals surface area contributed by atoms with Crippen molar-refractivity contribution in [1.29, 1.82) is 0 Å². The average molecular weight is 544 g/mol. The Labute approximate surface area is 228 Å². The van der Waals surface area contributed by atoms with Gasteiger partial charge in [-0.05, 0) is 66.7 Å². The third-order valence-electron chi connectivity index (χ3n) is 6.19. The van der Waals surface area contributed by atoms with E-state index in [1.807, 2.05) is 48.7 Å². The Morgan fingerprint density at radius 2 is 1.78 bits per heavy atom. The summed E-state index contributed by atoms with van der Waals surface area (Å²) in [6.07, 6.45) is 9.21.